The quantitative estimate of drug-likeness (QED) is 0.531. The highest BCUT2D eigenvalue weighted by Gasteiger charge is 1.97. The van der Waals surface area contributed by atoms with Crippen LogP contribution in [0.3, 0.4) is 0 Å². The van der Waals surface area contributed by atoms with Crippen LogP contribution in [0.25, 0.3) is 0 Å². The molecular formula is C10H14N2. The predicted molar refractivity (Wildman–Crippen MR) is 49.7 cm³/mol. The summed E-state index contributed by atoms with van der Waals surface area (Å²) in [4.78, 5) is 0. The van der Waals surface area contributed by atoms with Crippen molar-refractivity contribution in [1.82, 2.24) is 9.78 Å². The van der Waals surface area contributed by atoms with Gasteiger partial charge in [0.05, 0.1) is 11.3 Å². The first-order valence-electron chi connectivity index (χ1n) is 4.11. The fraction of sp³-hybridized carbons (Fsp3) is 0.500. The minimum Gasteiger partial charge on any atom is -0.274 e. The fourth-order valence-electron chi connectivity index (χ4n) is 0.944. The SMILES string of the molecule is Cc1nn(C)cc1C#CC(C)C. The average Bonchev–Trinajstić information content (AvgIpc) is 2.26. The molecule has 0 spiro atoms. The van der Waals surface area contributed by atoms with Crippen LogP contribution in [0.2, 0.25) is 0 Å². The lowest BCUT2D eigenvalue weighted by Gasteiger charge is -1.86. The fourth-order valence-corrected chi connectivity index (χ4v) is 0.944. The van der Waals surface area contributed by atoms with E-state index < -0.39 is 0 Å². The predicted octanol–water partition coefficient (Wildman–Crippen LogP) is 1.74. The molecule has 0 fully saturated rings. The molecule has 0 radical (unpaired) electrons. The van der Waals surface area contributed by atoms with E-state index in [1.165, 1.54) is 0 Å². The van der Waals surface area contributed by atoms with E-state index in [-0.39, 0.29) is 0 Å². The summed E-state index contributed by atoms with van der Waals surface area (Å²) >= 11 is 0. The zero-order chi connectivity index (χ0) is 9.14. The van der Waals surface area contributed by atoms with Crippen molar-refractivity contribution in [3.63, 3.8) is 0 Å². The molecule has 0 aliphatic rings. The molecule has 0 aliphatic heterocycles. The topological polar surface area (TPSA) is 17.8 Å². The monoisotopic (exact) mass is 162 g/mol. The molecular weight excluding hydrogens is 148 g/mol. The number of rotatable bonds is 0. The first kappa shape index (κ1) is 8.86. The van der Waals surface area contributed by atoms with Crippen molar-refractivity contribution < 1.29 is 0 Å². The Kier molecular flexibility index (Phi) is 2.54. The van der Waals surface area contributed by atoms with Crippen molar-refractivity contribution in [2.24, 2.45) is 13.0 Å². The number of hydrogen-bond acceptors (Lipinski definition) is 1. The maximum atomic E-state index is 4.20. The Labute approximate surface area is 73.6 Å². The minimum atomic E-state index is 0.421. The Hall–Kier alpha value is -1.23. The highest BCUT2D eigenvalue weighted by Crippen LogP contribution is 2.02. The van der Waals surface area contributed by atoms with E-state index in [1.807, 2.05) is 20.2 Å². The van der Waals surface area contributed by atoms with Crippen LogP contribution < -0.4 is 0 Å². The second-order valence-corrected chi connectivity index (χ2v) is 3.23. The van der Waals surface area contributed by atoms with E-state index in [1.54, 1.807) is 4.68 Å². The largest absolute Gasteiger partial charge is 0.274 e. The summed E-state index contributed by atoms with van der Waals surface area (Å²) in [6.07, 6.45) is 1.95. The molecule has 0 bridgehead atoms. The maximum Gasteiger partial charge on any atom is 0.0750 e. The van der Waals surface area contributed by atoms with E-state index in [9.17, 15) is 0 Å². The molecule has 12 heavy (non-hydrogen) atoms. The lowest BCUT2D eigenvalue weighted by atomic mass is 10.2. The molecule has 2 heteroatoms. The second-order valence-electron chi connectivity index (χ2n) is 3.23. The molecule has 1 rings (SSSR count). The summed E-state index contributed by atoms with van der Waals surface area (Å²) in [6, 6.07) is 0. The molecule has 0 saturated carbocycles. The number of nitrogens with zero attached hydrogens (tertiary/aromatic N) is 2. The smallest absolute Gasteiger partial charge is 0.0750 e. The van der Waals surface area contributed by atoms with E-state index in [2.05, 4.69) is 30.8 Å². The van der Waals surface area contributed by atoms with Crippen LogP contribution in [-0.2, 0) is 7.05 Å². The van der Waals surface area contributed by atoms with Crippen molar-refractivity contribution in [3.05, 3.63) is 17.5 Å². The Morgan fingerprint density at radius 3 is 2.58 bits per heavy atom. The summed E-state index contributed by atoms with van der Waals surface area (Å²) in [6.45, 7) is 6.14. The number of aromatic nitrogens is 2. The molecule has 0 unspecified atom stereocenters. The van der Waals surface area contributed by atoms with Crippen LogP contribution in [0.15, 0.2) is 6.20 Å². The van der Waals surface area contributed by atoms with Gasteiger partial charge in [-0.3, -0.25) is 4.68 Å². The van der Waals surface area contributed by atoms with Crippen LogP contribution in [0.4, 0.5) is 0 Å². The van der Waals surface area contributed by atoms with Gasteiger partial charge >= 0.3 is 0 Å². The summed E-state index contributed by atoms with van der Waals surface area (Å²) in [5, 5.41) is 4.20. The van der Waals surface area contributed by atoms with E-state index >= 15 is 0 Å². The van der Waals surface area contributed by atoms with Gasteiger partial charge in [-0.1, -0.05) is 25.7 Å². The van der Waals surface area contributed by atoms with Crippen LogP contribution in [0.1, 0.15) is 25.1 Å². The molecule has 0 atom stereocenters. The summed E-state index contributed by atoms with van der Waals surface area (Å²) in [5.41, 5.74) is 2.04. The third-order valence-corrected chi connectivity index (χ3v) is 1.51. The van der Waals surface area contributed by atoms with Crippen molar-refractivity contribution in [3.8, 4) is 11.8 Å². The molecule has 0 N–H and O–H groups in total. The van der Waals surface area contributed by atoms with Crippen molar-refractivity contribution in [2.45, 2.75) is 20.8 Å². The van der Waals surface area contributed by atoms with Crippen LogP contribution in [0.5, 0.6) is 0 Å². The molecule has 0 saturated heterocycles. The van der Waals surface area contributed by atoms with Crippen LogP contribution in [0, 0.1) is 24.7 Å². The lowest BCUT2D eigenvalue weighted by Crippen LogP contribution is -1.86. The summed E-state index contributed by atoms with van der Waals surface area (Å²) in [5.74, 6) is 6.63. The number of hydrogen-bond donors (Lipinski definition) is 0. The zero-order valence-electron chi connectivity index (χ0n) is 8.05. The number of aryl methyl sites for hydroxylation is 2. The van der Waals surface area contributed by atoms with Gasteiger partial charge in [-0.05, 0) is 6.92 Å². The van der Waals surface area contributed by atoms with Gasteiger partial charge in [-0.2, -0.15) is 5.10 Å². The Bertz CT molecular complexity index is 323. The van der Waals surface area contributed by atoms with Crippen molar-refractivity contribution in [1.29, 1.82) is 0 Å². The highest BCUT2D eigenvalue weighted by atomic mass is 15.2. The summed E-state index contributed by atoms with van der Waals surface area (Å²) < 4.78 is 1.79. The van der Waals surface area contributed by atoms with Crippen LogP contribution in [-0.4, -0.2) is 9.78 Å². The second kappa shape index (κ2) is 3.44. The van der Waals surface area contributed by atoms with E-state index in [0.717, 1.165) is 11.3 Å². The van der Waals surface area contributed by atoms with Gasteiger partial charge in [0, 0.05) is 19.2 Å². The Morgan fingerprint density at radius 2 is 2.17 bits per heavy atom. The molecule has 1 heterocycles. The van der Waals surface area contributed by atoms with E-state index in [4.69, 9.17) is 0 Å². The molecule has 0 aliphatic carbocycles. The Morgan fingerprint density at radius 1 is 1.50 bits per heavy atom. The van der Waals surface area contributed by atoms with Gasteiger partial charge in [-0.15, -0.1) is 0 Å². The molecule has 0 aromatic carbocycles. The van der Waals surface area contributed by atoms with Gasteiger partial charge in [0.25, 0.3) is 0 Å². The maximum absolute atomic E-state index is 4.20. The van der Waals surface area contributed by atoms with E-state index in [0.29, 0.717) is 5.92 Å². The third kappa shape index (κ3) is 2.13. The van der Waals surface area contributed by atoms with Crippen molar-refractivity contribution >= 4 is 0 Å². The first-order chi connectivity index (χ1) is 5.59. The van der Waals surface area contributed by atoms with Gasteiger partial charge in [0.1, 0.15) is 0 Å². The summed E-state index contributed by atoms with van der Waals surface area (Å²) in [7, 11) is 1.91. The highest BCUT2D eigenvalue weighted by molar-refractivity contribution is 5.35. The lowest BCUT2D eigenvalue weighted by molar-refractivity contribution is 0.756. The molecule has 0 amide bonds. The van der Waals surface area contributed by atoms with Gasteiger partial charge < -0.3 is 0 Å². The van der Waals surface area contributed by atoms with Gasteiger partial charge in [0.2, 0.25) is 0 Å². The van der Waals surface area contributed by atoms with Gasteiger partial charge in [0.15, 0.2) is 0 Å². The van der Waals surface area contributed by atoms with Gasteiger partial charge in [-0.25, -0.2) is 0 Å². The molecule has 1 aromatic heterocycles. The third-order valence-electron chi connectivity index (χ3n) is 1.51. The molecule has 64 valence electrons. The van der Waals surface area contributed by atoms with Crippen molar-refractivity contribution in [2.75, 3.05) is 0 Å². The molecule has 1 aromatic rings. The Balaban J connectivity index is 2.91. The first-order valence-corrected chi connectivity index (χ1v) is 4.11. The minimum absolute atomic E-state index is 0.421. The zero-order valence-corrected chi connectivity index (χ0v) is 8.05. The molecule has 2 nitrogen and oxygen atoms in total. The standard InChI is InChI=1S/C10H14N2/c1-8(2)5-6-10-7-12(4)11-9(10)3/h7-8H,1-4H3. The average molecular weight is 162 g/mol. The van der Waals surface area contributed by atoms with Crippen LogP contribution >= 0.6 is 0 Å². The normalized spacial score (nSPS) is 9.75.